The zero-order valence-corrected chi connectivity index (χ0v) is 15.4. The molecule has 0 unspecified atom stereocenters. The van der Waals surface area contributed by atoms with Crippen LogP contribution in [0, 0.1) is 0 Å². The van der Waals surface area contributed by atoms with Crippen molar-refractivity contribution in [3.05, 3.63) is 23.5 Å². The Hall–Kier alpha value is -2.22. The van der Waals surface area contributed by atoms with Gasteiger partial charge in [-0.2, -0.15) is 9.97 Å². The molecule has 2 aromatic rings. The van der Waals surface area contributed by atoms with Crippen LogP contribution in [0.15, 0.2) is 10.6 Å². The van der Waals surface area contributed by atoms with E-state index < -0.39 is 0 Å². The van der Waals surface area contributed by atoms with Gasteiger partial charge >= 0.3 is 0 Å². The van der Waals surface area contributed by atoms with Crippen LogP contribution in [0.2, 0.25) is 0 Å². The summed E-state index contributed by atoms with van der Waals surface area (Å²) < 4.78 is 11.0. The Morgan fingerprint density at radius 3 is 2.58 bits per heavy atom. The summed E-state index contributed by atoms with van der Waals surface area (Å²) in [4.78, 5) is 15.7. The molecular weight excluding hydrogens is 332 g/mol. The SMILES string of the molecule is CC(C)c1noc(C2CCN(c3cc([C@H]4CCOC4)nc(N)n3)CC2)n1. The largest absolute Gasteiger partial charge is 0.381 e. The zero-order valence-electron chi connectivity index (χ0n) is 15.4. The van der Waals surface area contributed by atoms with Gasteiger partial charge in [-0.25, -0.2) is 4.98 Å². The van der Waals surface area contributed by atoms with Crippen LogP contribution in [0.4, 0.5) is 11.8 Å². The Kier molecular flexibility index (Phi) is 4.76. The van der Waals surface area contributed by atoms with Crippen molar-refractivity contribution < 1.29 is 9.26 Å². The molecule has 0 aromatic carbocycles. The van der Waals surface area contributed by atoms with Crippen molar-refractivity contribution in [2.75, 3.05) is 36.9 Å². The molecule has 26 heavy (non-hydrogen) atoms. The maximum atomic E-state index is 5.96. The molecule has 0 amide bonds. The van der Waals surface area contributed by atoms with Crippen molar-refractivity contribution in [1.82, 2.24) is 20.1 Å². The molecule has 140 valence electrons. The van der Waals surface area contributed by atoms with Crippen molar-refractivity contribution in [3.63, 3.8) is 0 Å². The normalized spacial score (nSPS) is 21.7. The second-order valence-corrected chi connectivity index (χ2v) is 7.48. The van der Waals surface area contributed by atoms with Crippen molar-refractivity contribution in [1.29, 1.82) is 0 Å². The van der Waals surface area contributed by atoms with Crippen LogP contribution >= 0.6 is 0 Å². The van der Waals surface area contributed by atoms with Crippen molar-refractivity contribution >= 4 is 11.8 Å². The van der Waals surface area contributed by atoms with Crippen LogP contribution in [0.1, 0.15) is 68.3 Å². The third-order valence-corrected chi connectivity index (χ3v) is 5.24. The molecule has 0 aliphatic carbocycles. The Bertz CT molecular complexity index is 748. The standard InChI is InChI=1S/C18H26N6O2/c1-11(2)16-22-17(26-23-16)12-3-6-24(7-4-12)15-9-14(20-18(19)21-15)13-5-8-25-10-13/h9,11-13H,3-8,10H2,1-2H3,(H2,19,20,21)/t13-/m0/s1. The number of ether oxygens (including phenoxy) is 1. The lowest BCUT2D eigenvalue weighted by molar-refractivity contribution is 0.193. The summed E-state index contributed by atoms with van der Waals surface area (Å²) in [7, 11) is 0. The maximum absolute atomic E-state index is 5.96. The van der Waals surface area contributed by atoms with E-state index in [2.05, 4.69) is 44.9 Å². The topological polar surface area (TPSA) is 103 Å². The average Bonchev–Trinajstić information content (AvgIpc) is 3.33. The van der Waals surface area contributed by atoms with Gasteiger partial charge in [-0.05, 0) is 19.3 Å². The second-order valence-electron chi connectivity index (χ2n) is 7.48. The number of anilines is 2. The summed E-state index contributed by atoms with van der Waals surface area (Å²) in [5.74, 6) is 3.72. The van der Waals surface area contributed by atoms with E-state index in [0.29, 0.717) is 24.4 Å². The van der Waals surface area contributed by atoms with E-state index in [9.17, 15) is 0 Å². The predicted octanol–water partition coefficient (Wildman–Crippen LogP) is 2.45. The second kappa shape index (κ2) is 7.19. The Balaban J connectivity index is 1.44. The fourth-order valence-corrected chi connectivity index (χ4v) is 3.61. The van der Waals surface area contributed by atoms with Crippen molar-refractivity contribution in [3.8, 4) is 0 Å². The van der Waals surface area contributed by atoms with Gasteiger partial charge in [0.1, 0.15) is 5.82 Å². The number of piperidine rings is 1. The molecule has 8 nitrogen and oxygen atoms in total. The van der Waals surface area contributed by atoms with Gasteiger partial charge in [-0.1, -0.05) is 19.0 Å². The van der Waals surface area contributed by atoms with E-state index in [1.54, 1.807) is 0 Å². The van der Waals surface area contributed by atoms with Crippen LogP contribution < -0.4 is 10.6 Å². The van der Waals surface area contributed by atoms with Gasteiger partial charge in [-0.3, -0.25) is 0 Å². The number of hydrogen-bond acceptors (Lipinski definition) is 8. The van der Waals surface area contributed by atoms with Crippen molar-refractivity contribution in [2.24, 2.45) is 0 Å². The highest BCUT2D eigenvalue weighted by Crippen LogP contribution is 2.31. The molecule has 2 aliphatic heterocycles. The molecule has 0 bridgehead atoms. The summed E-state index contributed by atoms with van der Waals surface area (Å²) in [5, 5.41) is 4.09. The summed E-state index contributed by atoms with van der Waals surface area (Å²) >= 11 is 0. The maximum Gasteiger partial charge on any atom is 0.229 e. The molecule has 0 spiro atoms. The fraction of sp³-hybridized carbons (Fsp3) is 0.667. The van der Waals surface area contributed by atoms with E-state index >= 15 is 0 Å². The lowest BCUT2D eigenvalue weighted by Crippen LogP contribution is -2.34. The highest BCUT2D eigenvalue weighted by Gasteiger charge is 2.27. The minimum Gasteiger partial charge on any atom is -0.381 e. The molecule has 0 radical (unpaired) electrons. The van der Waals surface area contributed by atoms with Crippen LogP contribution in [0.5, 0.6) is 0 Å². The first-order valence-electron chi connectivity index (χ1n) is 9.41. The van der Waals surface area contributed by atoms with E-state index in [4.69, 9.17) is 15.0 Å². The van der Waals surface area contributed by atoms with Gasteiger partial charge in [0.2, 0.25) is 11.8 Å². The average molecular weight is 358 g/mol. The number of rotatable bonds is 4. The summed E-state index contributed by atoms with van der Waals surface area (Å²) in [5.41, 5.74) is 6.95. The smallest absolute Gasteiger partial charge is 0.229 e. The number of nitrogen functional groups attached to an aromatic ring is 1. The minimum atomic E-state index is 0.287. The van der Waals surface area contributed by atoms with Gasteiger partial charge in [0, 0.05) is 43.5 Å². The molecule has 1 atom stereocenters. The number of aromatic nitrogens is 4. The van der Waals surface area contributed by atoms with Gasteiger partial charge in [0.05, 0.1) is 12.3 Å². The monoisotopic (exact) mass is 358 g/mol. The van der Waals surface area contributed by atoms with Gasteiger partial charge in [0.15, 0.2) is 5.82 Å². The quantitative estimate of drug-likeness (QED) is 0.889. The predicted molar refractivity (Wildman–Crippen MR) is 97.2 cm³/mol. The highest BCUT2D eigenvalue weighted by molar-refractivity contribution is 5.45. The molecule has 2 aromatic heterocycles. The van der Waals surface area contributed by atoms with Crippen LogP contribution in [0.25, 0.3) is 0 Å². The van der Waals surface area contributed by atoms with E-state index in [-0.39, 0.29) is 5.92 Å². The summed E-state index contributed by atoms with van der Waals surface area (Å²) in [6.45, 7) is 7.43. The first-order chi connectivity index (χ1) is 12.6. The van der Waals surface area contributed by atoms with Crippen LogP contribution in [-0.2, 0) is 4.74 Å². The molecule has 4 heterocycles. The minimum absolute atomic E-state index is 0.287. The zero-order chi connectivity index (χ0) is 18.1. The van der Waals surface area contributed by atoms with E-state index in [1.165, 1.54) is 0 Å². The molecule has 4 rings (SSSR count). The Morgan fingerprint density at radius 2 is 1.92 bits per heavy atom. The lowest BCUT2D eigenvalue weighted by atomic mass is 9.96. The molecule has 2 aliphatic rings. The third kappa shape index (κ3) is 3.51. The number of nitrogens with two attached hydrogens (primary N) is 1. The molecule has 2 N–H and O–H groups in total. The molecule has 2 fully saturated rings. The van der Waals surface area contributed by atoms with Gasteiger partial charge < -0.3 is 19.9 Å². The fourth-order valence-electron chi connectivity index (χ4n) is 3.61. The van der Waals surface area contributed by atoms with Crippen LogP contribution in [0.3, 0.4) is 0 Å². The van der Waals surface area contributed by atoms with E-state index in [0.717, 1.165) is 62.2 Å². The van der Waals surface area contributed by atoms with Crippen molar-refractivity contribution in [2.45, 2.75) is 50.9 Å². The van der Waals surface area contributed by atoms with E-state index in [1.807, 2.05) is 0 Å². The first kappa shape index (κ1) is 17.2. The van der Waals surface area contributed by atoms with Gasteiger partial charge in [-0.15, -0.1) is 0 Å². The Labute approximate surface area is 153 Å². The summed E-state index contributed by atoms with van der Waals surface area (Å²) in [6, 6.07) is 2.07. The number of nitrogens with zero attached hydrogens (tertiary/aromatic N) is 5. The molecule has 0 saturated carbocycles. The number of hydrogen-bond donors (Lipinski definition) is 1. The molecule has 2 saturated heterocycles. The van der Waals surface area contributed by atoms with Gasteiger partial charge in [0.25, 0.3) is 0 Å². The first-order valence-corrected chi connectivity index (χ1v) is 9.41. The third-order valence-electron chi connectivity index (χ3n) is 5.24. The van der Waals surface area contributed by atoms with Crippen LogP contribution in [-0.4, -0.2) is 46.4 Å². The highest BCUT2D eigenvalue weighted by atomic mass is 16.5. The lowest BCUT2D eigenvalue weighted by Gasteiger charge is -2.31. The molecular formula is C18H26N6O2. The summed E-state index contributed by atoms with van der Waals surface area (Å²) in [6.07, 6.45) is 2.92. The Morgan fingerprint density at radius 1 is 1.12 bits per heavy atom. The molecule has 8 heteroatoms.